The second-order valence-corrected chi connectivity index (χ2v) is 5.50. The maximum atomic E-state index is 11.9. The SMILES string of the molecule is CCc1cc(=O)[nH]c(SCC(=O)Nc2cccc([N+](=O)[O-])c2)n1. The van der Waals surface area contributed by atoms with E-state index in [0.717, 1.165) is 11.8 Å². The van der Waals surface area contributed by atoms with E-state index in [1.807, 2.05) is 6.92 Å². The predicted molar refractivity (Wildman–Crippen MR) is 86.7 cm³/mol. The number of H-pyrrole nitrogens is 1. The lowest BCUT2D eigenvalue weighted by atomic mass is 10.3. The normalized spacial score (nSPS) is 10.3. The fourth-order valence-corrected chi connectivity index (χ4v) is 2.46. The van der Waals surface area contributed by atoms with Gasteiger partial charge < -0.3 is 10.3 Å². The van der Waals surface area contributed by atoms with E-state index in [2.05, 4.69) is 15.3 Å². The number of nitrogens with one attached hydrogen (secondary N) is 2. The molecule has 0 bridgehead atoms. The molecule has 8 nitrogen and oxygen atoms in total. The van der Waals surface area contributed by atoms with Crippen LogP contribution in [0.2, 0.25) is 0 Å². The third kappa shape index (κ3) is 4.92. The van der Waals surface area contributed by atoms with Crippen LogP contribution in [0.5, 0.6) is 0 Å². The van der Waals surface area contributed by atoms with E-state index in [1.54, 1.807) is 6.07 Å². The van der Waals surface area contributed by atoms with Gasteiger partial charge in [-0.15, -0.1) is 0 Å². The number of nitrogens with zero attached hydrogens (tertiary/aromatic N) is 2. The molecule has 0 radical (unpaired) electrons. The Morgan fingerprint density at radius 3 is 2.91 bits per heavy atom. The van der Waals surface area contributed by atoms with E-state index in [0.29, 0.717) is 23.0 Å². The fourth-order valence-electron chi connectivity index (χ4n) is 1.76. The van der Waals surface area contributed by atoms with Crippen molar-refractivity contribution in [1.82, 2.24) is 9.97 Å². The Kier molecular flexibility index (Phi) is 5.47. The van der Waals surface area contributed by atoms with Gasteiger partial charge in [0.1, 0.15) is 0 Å². The molecular weight excluding hydrogens is 320 g/mol. The number of hydrogen-bond donors (Lipinski definition) is 2. The van der Waals surface area contributed by atoms with Crippen LogP contribution < -0.4 is 10.9 Å². The Morgan fingerprint density at radius 1 is 1.43 bits per heavy atom. The second-order valence-electron chi connectivity index (χ2n) is 4.54. The van der Waals surface area contributed by atoms with E-state index in [4.69, 9.17) is 0 Å². The van der Waals surface area contributed by atoms with Gasteiger partial charge in [-0.2, -0.15) is 0 Å². The molecule has 0 saturated heterocycles. The number of aromatic nitrogens is 2. The minimum atomic E-state index is -0.532. The Bertz CT molecular complexity index is 790. The summed E-state index contributed by atoms with van der Waals surface area (Å²) < 4.78 is 0. The Labute approximate surface area is 135 Å². The first kappa shape index (κ1) is 16.7. The van der Waals surface area contributed by atoms with E-state index >= 15 is 0 Å². The molecule has 1 heterocycles. The van der Waals surface area contributed by atoms with Crippen LogP contribution in [0.15, 0.2) is 40.3 Å². The molecule has 120 valence electrons. The van der Waals surface area contributed by atoms with Crippen LogP contribution in [0.3, 0.4) is 0 Å². The molecule has 0 aliphatic carbocycles. The van der Waals surface area contributed by atoms with Gasteiger partial charge in [-0.05, 0) is 12.5 Å². The summed E-state index contributed by atoms with van der Waals surface area (Å²) in [4.78, 5) is 40.2. The molecule has 1 aromatic carbocycles. The average Bonchev–Trinajstić information content (AvgIpc) is 2.52. The van der Waals surface area contributed by atoms with E-state index in [9.17, 15) is 19.7 Å². The predicted octanol–water partition coefficient (Wildman–Crippen LogP) is 1.97. The highest BCUT2D eigenvalue weighted by molar-refractivity contribution is 7.99. The van der Waals surface area contributed by atoms with E-state index in [-0.39, 0.29) is 22.9 Å². The highest BCUT2D eigenvalue weighted by Crippen LogP contribution is 2.18. The average molecular weight is 334 g/mol. The Morgan fingerprint density at radius 2 is 2.22 bits per heavy atom. The zero-order valence-corrected chi connectivity index (χ0v) is 13.1. The number of non-ortho nitro benzene ring substituents is 1. The molecule has 0 saturated carbocycles. The van der Waals surface area contributed by atoms with Crippen LogP contribution in [0.25, 0.3) is 0 Å². The third-order valence-electron chi connectivity index (χ3n) is 2.82. The number of carbonyl (C=O) groups excluding carboxylic acids is 1. The van der Waals surface area contributed by atoms with Crippen molar-refractivity contribution in [2.75, 3.05) is 11.1 Å². The van der Waals surface area contributed by atoms with Crippen molar-refractivity contribution in [3.63, 3.8) is 0 Å². The molecule has 1 amide bonds. The second kappa shape index (κ2) is 7.54. The molecule has 0 unspecified atom stereocenters. The van der Waals surface area contributed by atoms with Crippen LogP contribution in [-0.2, 0) is 11.2 Å². The summed E-state index contributed by atoms with van der Waals surface area (Å²) >= 11 is 1.09. The summed E-state index contributed by atoms with van der Waals surface area (Å²) in [5.41, 5.74) is 0.624. The monoisotopic (exact) mass is 334 g/mol. The number of nitro groups is 1. The van der Waals surface area contributed by atoms with Crippen molar-refractivity contribution in [1.29, 1.82) is 0 Å². The van der Waals surface area contributed by atoms with Crippen molar-refractivity contribution >= 4 is 29.0 Å². The molecule has 0 aliphatic heterocycles. The lowest BCUT2D eigenvalue weighted by Gasteiger charge is -2.05. The van der Waals surface area contributed by atoms with Crippen molar-refractivity contribution in [3.05, 3.63) is 56.5 Å². The van der Waals surface area contributed by atoms with Crippen LogP contribution in [0, 0.1) is 10.1 Å². The summed E-state index contributed by atoms with van der Waals surface area (Å²) in [5.74, 6) is -0.321. The number of amides is 1. The molecule has 2 rings (SSSR count). The standard InChI is InChI=1S/C14H14N4O4S/c1-2-9-7-12(19)17-14(16-9)23-8-13(20)15-10-4-3-5-11(6-10)18(21)22/h3-7H,2,8H2,1H3,(H,15,20)(H,16,17,19). The number of aryl methyl sites for hydroxylation is 1. The molecule has 0 spiro atoms. The number of benzene rings is 1. The maximum Gasteiger partial charge on any atom is 0.271 e. The molecule has 9 heteroatoms. The van der Waals surface area contributed by atoms with Gasteiger partial charge in [0.05, 0.1) is 10.7 Å². The Hall–Kier alpha value is -2.68. The number of anilines is 1. The number of hydrogen-bond acceptors (Lipinski definition) is 6. The number of aromatic amines is 1. The molecule has 2 N–H and O–H groups in total. The summed E-state index contributed by atoms with van der Waals surface area (Å²) in [7, 11) is 0. The first-order valence-corrected chi connectivity index (χ1v) is 7.74. The fraction of sp³-hybridized carbons (Fsp3) is 0.214. The van der Waals surface area contributed by atoms with Gasteiger partial charge >= 0.3 is 0 Å². The summed E-state index contributed by atoms with van der Waals surface area (Å²) in [6, 6.07) is 7.08. The molecule has 23 heavy (non-hydrogen) atoms. The minimum Gasteiger partial charge on any atom is -0.325 e. The number of carbonyl (C=O) groups is 1. The third-order valence-corrected chi connectivity index (χ3v) is 3.69. The quantitative estimate of drug-likeness (QED) is 0.361. The van der Waals surface area contributed by atoms with Crippen LogP contribution in [0.1, 0.15) is 12.6 Å². The largest absolute Gasteiger partial charge is 0.325 e. The van der Waals surface area contributed by atoms with Gasteiger partial charge in [0.25, 0.3) is 11.2 Å². The highest BCUT2D eigenvalue weighted by Gasteiger charge is 2.09. The zero-order chi connectivity index (χ0) is 16.8. The van der Waals surface area contributed by atoms with Gasteiger partial charge in [0, 0.05) is 29.6 Å². The first-order chi connectivity index (χ1) is 11.0. The van der Waals surface area contributed by atoms with Gasteiger partial charge in [-0.25, -0.2) is 4.98 Å². The molecule has 0 aliphatic rings. The molecule has 0 atom stereocenters. The topological polar surface area (TPSA) is 118 Å². The zero-order valence-electron chi connectivity index (χ0n) is 12.2. The van der Waals surface area contributed by atoms with Crippen LogP contribution >= 0.6 is 11.8 Å². The molecule has 2 aromatic rings. The highest BCUT2D eigenvalue weighted by atomic mass is 32.2. The summed E-state index contributed by atoms with van der Waals surface area (Å²) in [6.45, 7) is 1.88. The van der Waals surface area contributed by atoms with Gasteiger partial charge in [-0.3, -0.25) is 19.7 Å². The minimum absolute atomic E-state index is 0.0266. The smallest absolute Gasteiger partial charge is 0.271 e. The molecular formula is C14H14N4O4S. The molecule has 1 aromatic heterocycles. The lowest BCUT2D eigenvalue weighted by Crippen LogP contribution is -2.15. The lowest BCUT2D eigenvalue weighted by molar-refractivity contribution is -0.384. The number of nitro benzene ring substituents is 1. The van der Waals surface area contributed by atoms with Crippen molar-refractivity contribution in [2.45, 2.75) is 18.5 Å². The van der Waals surface area contributed by atoms with Gasteiger partial charge in [-0.1, -0.05) is 24.8 Å². The summed E-state index contributed by atoms with van der Waals surface area (Å²) in [5, 5.41) is 13.6. The van der Waals surface area contributed by atoms with Gasteiger partial charge in [0.15, 0.2) is 5.16 Å². The molecule has 0 fully saturated rings. The van der Waals surface area contributed by atoms with Crippen molar-refractivity contribution < 1.29 is 9.72 Å². The van der Waals surface area contributed by atoms with E-state index in [1.165, 1.54) is 24.3 Å². The van der Waals surface area contributed by atoms with E-state index < -0.39 is 4.92 Å². The number of rotatable bonds is 6. The Balaban J connectivity index is 1.98. The van der Waals surface area contributed by atoms with Gasteiger partial charge in [0.2, 0.25) is 5.91 Å². The van der Waals surface area contributed by atoms with Crippen LogP contribution in [-0.4, -0.2) is 26.6 Å². The van der Waals surface area contributed by atoms with Crippen molar-refractivity contribution in [3.8, 4) is 0 Å². The first-order valence-electron chi connectivity index (χ1n) is 6.75. The number of thioether (sulfide) groups is 1. The van der Waals surface area contributed by atoms with Crippen molar-refractivity contribution in [2.24, 2.45) is 0 Å². The maximum absolute atomic E-state index is 11.9. The van der Waals surface area contributed by atoms with Crippen LogP contribution in [0.4, 0.5) is 11.4 Å². The summed E-state index contributed by atoms with van der Waals surface area (Å²) in [6.07, 6.45) is 0.622.